The summed E-state index contributed by atoms with van der Waals surface area (Å²) in [5.74, 6) is -0.327. The molecule has 2 N–H and O–H groups in total. The van der Waals surface area contributed by atoms with Gasteiger partial charge < -0.3 is 10.2 Å². The van der Waals surface area contributed by atoms with Gasteiger partial charge in [-0.1, -0.05) is 6.07 Å². The number of nitrogens with zero attached hydrogens (tertiary/aromatic N) is 4. The lowest BCUT2D eigenvalue weighted by Gasteiger charge is -2.35. The summed E-state index contributed by atoms with van der Waals surface area (Å²) in [5.41, 5.74) is 3.66. The topological polar surface area (TPSA) is 78.8 Å². The molecule has 1 atom stereocenters. The van der Waals surface area contributed by atoms with Gasteiger partial charge >= 0.3 is 6.03 Å². The molecule has 1 saturated heterocycles. The molecule has 2 aromatic heterocycles. The lowest BCUT2D eigenvalue weighted by atomic mass is 10.00. The van der Waals surface area contributed by atoms with E-state index in [1.54, 1.807) is 23.0 Å². The largest absolute Gasteiger partial charge is 0.322 e. The van der Waals surface area contributed by atoms with Crippen LogP contribution in [0.5, 0.6) is 0 Å². The van der Waals surface area contributed by atoms with E-state index in [-0.39, 0.29) is 17.9 Å². The van der Waals surface area contributed by atoms with Crippen molar-refractivity contribution in [1.82, 2.24) is 24.9 Å². The SMILES string of the molecule is Cc1nn(-c2cccc(F)c2)c(C)c1NC(=O)N1CCCCC1c1ccn[nH]1. The highest BCUT2D eigenvalue weighted by atomic mass is 19.1. The monoisotopic (exact) mass is 382 g/mol. The molecule has 1 aliphatic rings. The van der Waals surface area contributed by atoms with Gasteiger partial charge in [-0.25, -0.2) is 13.9 Å². The Labute approximate surface area is 162 Å². The molecule has 7 nitrogen and oxygen atoms in total. The highest BCUT2D eigenvalue weighted by Gasteiger charge is 2.30. The summed E-state index contributed by atoms with van der Waals surface area (Å²) in [6.45, 7) is 4.38. The Bertz CT molecular complexity index is 981. The Balaban J connectivity index is 1.59. The number of hydrogen-bond donors (Lipinski definition) is 2. The quantitative estimate of drug-likeness (QED) is 0.715. The summed E-state index contributed by atoms with van der Waals surface area (Å²) >= 11 is 0. The number of halogens is 1. The summed E-state index contributed by atoms with van der Waals surface area (Å²) < 4.78 is 15.2. The highest BCUT2D eigenvalue weighted by molar-refractivity contribution is 5.91. The maximum atomic E-state index is 13.6. The summed E-state index contributed by atoms with van der Waals surface area (Å²) in [6.07, 6.45) is 4.65. The number of nitrogens with one attached hydrogen (secondary N) is 2. The first kappa shape index (κ1) is 18.2. The molecular weight excluding hydrogens is 359 g/mol. The van der Waals surface area contributed by atoms with Crippen LogP contribution in [0.1, 0.15) is 42.4 Å². The second kappa shape index (κ2) is 7.46. The Kier molecular flexibility index (Phi) is 4.85. The molecule has 0 bridgehead atoms. The fourth-order valence-electron chi connectivity index (χ4n) is 3.81. The molecule has 0 radical (unpaired) electrons. The van der Waals surface area contributed by atoms with Gasteiger partial charge in [0, 0.05) is 12.7 Å². The number of carbonyl (C=O) groups is 1. The van der Waals surface area contributed by atoms with E-state index in [2.05, 4.69) is 20.6 Å². The number of carbonyl (C=O) groups excluding carboxylic acids is 1. The summed E-state index contributed by atoms with van der Waals surface area (Å²) in [7, 11) is 0. The van der Waals surface area contributed by atoms with E-state index in [9.17, 15) is 9.18 Å². The Morgan fingerprint density at radius 2 is 2.14 bits per heavy atom. The summed E-state index contributed by atoms with van der Waals surface area (Å²) in [5, 5.41) is 14.5. The average molecular weight is 382 g/mol. The van der Waals surface area contributed by atoms with Crippen LogP contribution in [0.25, 0.3) is 5.69 Å². The van der Waals surface area contributed by atoms with E-state index in [0.29, 0.717) is 23.6 Å². The van der Waals surface area contributed by atoms with Crippen LogP contribution in [-0.2, 0) is 0 Å². The van der Waals surface area contributed by atoms with Gasteiger partial charge in [-0.05, 0) is 57.4 Å². The third kappa shape index (κ3) is 3.37. The molecule has 28 heavy (non-hydrogen) atoms. The van der Waals surface area contributed by atoms with Crippen LogP contribution in [0.4, 0.5) is 14.9 Å². The van der Waals surface area contributed by atoms with Crippen LogP contribution in [0.3, 0.4) is 0 Å². The molecule has 2 amide bonds. The van der Waals surface area contributed by atoms with Crippen molar-refractivity contribution in [3.05, 3.63) is 59.4 Å². The molecule has 1 unspecified atom stereocenters. The minimum atomic E-state index is -0.327. The van der Waals surface area contributed by atoms with Gasteiger partial charge in [-0.2, -0.15) is 10.2 Å². The molecule has 1 fully saturated rings. The van der Waals surface area contributed by atoms with E-state index in [4.69, 9.17) is 0 Å². The van der Waals surface area contributed by atoms with Crippen LogP contribution in [0.2, 0.25) is 0 Å². The standard InChI is InChI=1S/C20H23FN6O/c1-13-19(14(2)27(25-13)16-7-5-6-15(21)12-16)23-20(28)26-11-4-3-8-18(26)17-9-10-22-24-17/h5-7,9-10,12,18H,3-4,8,11H2,1-2H3,(H,22,24)(H,23,28). The fourth-order valence-corrected chi connectivity index (χ4v) is 3.81. The number of amides is 2. The average Bonchev–Trinajstić information content (AvgIpc) is 3.32. The molecule has 146 valence electrons. The fraction of sp³-hybridized carbons (Fsp3) is 0.350. The number of aryl methyl sites for hydroxylation is 1. The Hall–Kier alpha value is -3.16. The molecular formula is C20H23FN6O. The number of H-pyrrole nitrogens is 1. The first-order valence-corrected chi connectivity index (χ1v) is 9.43. The number of aromatic amines is 1. The van der Waals surface area contributed by atoms with Crippen molar-refractivity contribution in [3.8, 4) is 5.69 Å². The Morgan fingerprint density at radius 1 is 1.29 bits per heavy atom. The van der Waals surface area contributed by atoms with Crippen molar-refractivity contribution >= 4 is 11.7 Å². The highest BCUT2D eigenvalue weighted by Crippen LogP contribution is 2.31. The van der Waals surface area contributed by atoms with Crippen LogP contribution in [0.15, 0.2) is 36.5 Å². The molecule has 0 aliphatic carbocycles. The van der Waals surface area contributed by atoms with Gasteiger partial charge in [-0.3, -0.25) is 5.10 Å². The summed E-state index contributed by atoms with van der Waals surface area (Å²) in [4.78, 5) is 14.9. The Morgan fingerprint density at radius 3 is 2.89 bits per heavy atom. The van der Waals surface area contributed by atoms with Gasteiger partial charge in [0.2, 0.25) is 0 Å². The lowest BCUT2D eigenvalue weighted by Crippen LogP contribution is -2.41. The lowest BCUT2D eigenvalue weighted by molar-refractivity contribution is 0.161. The first-order valence-electron chi connectivity index (χ1n) is 9.43. The van der Waals surface area contributed by atoms with Gasteiger partial charge in [0.05, 0.1) is 34.5 Å². The third-order valence-electron chi connectivity index (χ3n) is 5.22. The maximum Gasteiger partial charge on any atom is 0.322 e. The van der Waals surface area contributed by atoms with Gasteiger partial charge in [-0.15, -0.1) is 0 Å². The number of aromatic nitrogens is 4. The van der Waals surface area contributed by atoms with E-state index in [0.717, 1.165) is 30.7 Å². The smallest absolute Gasteiger partial charge is 0.316 e. The van der Waals surface area contributed by atoms with E-state index in [1.807, 2.05) is 24.8 Å². The number of rotatable bonds is 3. The van der Waals surface area contributed by atoms with Crippen LogP contribution >= 0.6 is 0 Å². The number of anilines is 1. The predicted molar refractivity (Wildman–Crippen MR) is 104 cm³/mol. The minimum absolute atomic E-state index is 0.0184. The maximum absolute atomic E-state index is 13.6. The number of piperidine rings is 1. The van der Waals surface area contributed by atoms with E-state index >= 15 is 0 Å². The molecule has 0 spiro atoms. The van der Waals surface area contributed by atoms with Crippen LogP contribution in [-0.4, -0.2) is 37.5 Å². The third-order valence-corrected chi connectivity index (χ3v) is 5.22. The molecule has 8 heteroatoms. The van der Waals surface area contributed by atoms with Gasteiger partial charge in [0.15, 0.2) is 0 Å². The molecule has 3 heterocycles. The van der Waals surface area contributed by atoms with Crippen LogP contribution < -0.4 is 5.32 Å². The number of likely N-dealkylation sites (tertiary alicyclic amines) is 1. The number of hydrogen-bond acceptors (Lipinski definition) is 3. The number of benzene rings is 1. The first-order chi connectivity index (χ1) is 13.5. The van der Waals surface area contributed by atoms with E-state index < -0.39 is 0 Å². The zero-order chi connectivity index (χ0) is 19.7. The molecule has 1 aromatic carbocycles. The molecule has 4 rings (SSSR count). The predicted octanol–water partition coefficient (Wildman–Crippen LogP) is 4.11. The van der Waals surface area contributed by atoms with Gasteiger partial charge in [0.25, 0.3) is 0 Å². The van der Waals surface area contributed by atoms with Crippen molar-refractivity contribution in [2.45, 2.75) is 39.2 Å². The van der Waals surface area contributed by atoms with Crippen molar-refractivity contribution in [2.75, 3.05) is 11.9 Å². The van der Waals surface area contributed by atoms with Crippen molar-refractivity contribution in [1.29, 1.82) is 0 Å². The van der Waals surface area contributed by atoms with Gasteiger partial charge in [0.1, 0.15) is 5.82 Å². The molecule has 0 saturated carbocycles. The minimum Gasteiger partial charge on any atom is -0.316 e. The summed E-state index contributed by atoms with van der Waals surface area (Å²) in [6, 6.07) is 7.97. The number of urea groups is 1. The normalized spacial score (nSPS) is 17.0. The van der Waals surface area contributed by atoms with Crippen LogP contribution in [0, 0.1) is 19.7 Å². The zero-order valence-corrected chi connectivity index (χ0v) is 15.9. The van der Waals surface area contributed by atoms with Crippen molar-refractivity contribution < 1.29 is 9.18 Å². The second-order valence-corrected chi connectivity index (χ2v) is 7.08. The second-order valence-electron chi connectivity index (χ2n) is 7.08. The van der Waals surface area contributed by atoms with Crippen molar-refractivity contribution in [3.63, 3.8) is 0 Å². The molecule has 1 aliphatic heterocycles. The molecule has 3 aromatic rings. The van der Waals surface area contributed by atoms with Crippen molar-refractivity contribution in [2.24, 2.45) is 0 Å². The zero-order valence-electron chi connectivity index (χ0n) is 15.9. The van der Waals surface area contributed by atoms with E-state index in [1.165, 1.54) is 12.1 Å².